The van der Waals surface area contributed by atoms with Gasteiger partial charge in [-0.15, -0.1) is 0 Å². The predicted octanol–water partition coefficient (Wildman–Crippen LogP) is 5.14. The van der Waals surface area contributed by atoms with Crippen LogP contribution < -0.4 is 5.32 Å². The summed E-state index contributed by atoms with van der Waals surface area (Å²) in [4.78, 5) is 33.3. The molecule has 3 aromatic rings. The summed E-state index contributed by atoms with van der Waals surface area (Å²) in [5.41, 5.74) is 1.72. The van der Waals surface area contributed by atoms with E-state index in [2.05, 4.69) is 5.32 Å². The Morgan fingerprint density at radius 1 is 1.11 bits per heavy atom. The molecule has 2 heterocycles. The third kappa shape index (κ3) is 5.55. The number of fused-ring (bicyclic) bond motifs is 1. The molecule has 2 amide bonds. The van der Waals surface area contributed by atoms with E-state index in [1.54, 1.807) is 24.0 Å². The quantitative estimate of drug-likeness (QED) is 0.423. The second-order valence-electron chi connectivity index (χ2n) is 9.49. The van der Waals surface area contributed by atoms with Crippen LogP contribution in [-0.2, 0) is 44.5 Å². The number of hydrogen-bond donors (Lipinski definition) is 1. The first-order chi connectivity index (χ1) is 17.5. The van der Waals surface area contributed by atoms with Crippen molar-refractivity contribution in [1.29, 1.82) is 0 Å². The summed E-state index contributed by atoms with van der Waals surface area (Å²) >= 11 is 1.35. The molecule has 1 aliphatic heterocycles. The van der Waals surface area contributed by atoms with Gasteiger partial charge in [0, 0.05) is 0 Å². The Hall–Kier alpha value is -3.24. The van der Waals surface area contributed by atoms with Crippen LogP contribution >= 0.6 is 11.3 Å². The van der Waals surface area contributed by atoms with E-state index in [4.69, 9.17) is 9.72 Å². The lowest BCUT2D eigenvalue weighted by molar-refractivity contribution is -0.115. The largest absolute Gasteiger partial charge is 0.445 e. The Bertz CT molecular complexity index is 1390. The number of nitrogens with zero attached hydrogens (tertiary/aromatic N) is 2. The van der Waals surface area contributed by atoms with Crippen LogP contribution in [0.5, 0.6) is 0 Å². The number of carbonyl (C=O) groups is 2. The monoisotopic (exact) mass is 541 g/mol. The number of ether oxygens (including phenoxy) is 1. The first-order valence-corrected chi connectivity index (χ1v) is 14.6. The molecule has 1 atom stereocenters. The van der Waals surface area contributed by atoms with Crippen molar-refractivity contribution in [1.82, 2.24) is 9.88 Å². The zero-order valence-corrected chi connectivity index (χ0v) is 23.0. The topological polar surface area (TPSA) is 106 Å². The molecule has 0 saturated carbocycles. The molecule has 0 bridgehead atoms. The second kappa shape index (κ2) is 10.6. The molecule has 0 radical (unpaired) electrons. The van der Waals surface area contributed by atoms with Crippen LogP contribution in [0, 0.1) is 5.92 Å². The van der Waals surface area contributed by atoms with Crippen molar-refractivity contribution >= 4 is 38.3 Å². The van der Waals surface area contributed by atoms with Crippen LogP contribution in [0.25, 0.3) is 0 Å². The molecule has 2 aromatic carbocycles. The molecule has 1 N–H and O–H groups in total. The average Bonchev–Trinajstić information content (AvgIpc) is 3.40. The molecule has 1 aromatic heterocycles. The maximum absolute atomic E-state index is 13.0. The minimum atomic E-state index is -3.28. The highest BCUT2D eigenvalue weighted by atomic mass is 32.2. The van der Waals surface area contributed by atoms with Gasteiger partial charge >= 0.3 is 6.09 Å². The lowest BCUT2D eigenvalue weighted by Gasteiger charge is -2.37. The fourth-order valence-corrected chi connectivity index (χ4v) is 6.27. The number of carbonyl (C=O) groups excluding carboxylic acids is 2. The minimum absolute atomic E-state index is 0.0268. The zero-order chi connectivity index (χ0) is 26.8. The Balaban J connectivity index is 1.43. The van der Waals surface area contributed by atoms with Crippen LogP contribution in [0.1, 0.15) is 49.4 Å². The summed E-state index contributed by atoms with van der Waals surface area (Å²) in [5.74, 6) is -0.163. The van der Waals surface area contributed by atoms with Crippen molar-refractivity contribution in [3.63, 3.8) is 0 Å². The Labute approximate surface area is 221 Å². The van der Waals surface area contributed by atoms with E-state index in [-0.39, 0.29) is 35.5 Å². The summed E-state index contributed by atoms with van der Waals surface area (Å²) in [6.45, 7) is 8.19. The Kier molecular flexibility index (Phi) is 7.70. The van der Waals surface area contributed by atoms with Crippen LogP contribution in [0.2, 0.25) is 0 Å². The molecular formula is C27H31N3O5S2. The number of anilines is 1. The van der Waals surface area contributed by atoms with Crippen molar-refractivity contribution in [2.75, 3.05) is 11.1 Å². The number of sulfone groups is 1. The lowest BCUT2D eigenvalue weighted by Crippen LogP contribution is -2.46. The second-order valence-corrected chi connectivity index (χ2v) is 12.9. The average molecular weight is 542 g/mol. The molecule has 196 valence electrons. The molecule has 37 heavy (non-hydrogen) atoms. The van der Waals surface area contributed by atoms with Crippen molar-refractivity contribution in [3.8, 4) is 0 Å². The zero-order valence-electron chi connectivity index (χ0n) is 21.4. The van der Waals surface area contributed by atoms with Gasteiger partial charge in [0.05, 0.1) is 39.7 Å². The molecule has 0 fully saturated rings. The van der Waals surface area contributed by atoms with Gasteiger partial charge in [0.25, 0.3) is 0 Å². The number of aromatic nitrogens is 1. The predicted molar refractivity (Wildman–Crippen MR) is 143 cm³/mol. The summed E-state index contributed by atoms with van der Waals surface area (Å²) < 4.78 is 29.6. The standard InChI is InChI=1S/C27H31N3O5S2/c1-5-37(33,34)21-13-11-19(12-14-21)15-23(31)28-25-29-24-22(36-25)16-30(27(24,4)18(2)3)26(32)35-17-20-9-7-6-8-10-20/h6-14,18H,5,15-17H2,1-4H3,(H,28,29,31)/t27-/m0/s1. The smallest absolute Gasteiger partial charge is 0.411 e. The fraction of sp³-hybridized carbons (Fsp3) is 0.370. The third-order valence-corrected chi connectivity index (χ3v) is 9.57. The van der Waals surface area contributed by atoms with Crippen LogP contribution in [0.4, 0.5) is 9.93 Å². The molecule has 0 spiro atoms. The fourth-order valence-electron chi connectivity index (χ4n) is 4.31. The third-order valence-electron chi connectivity index (χ3n) is 6.86. The van der Waals surface area contributed by atoms with E-state index < -0.39 is 21.5 Å². The van der Waals surface area contributed by atoms with Crippen molar-refractivity contribution in [2.24, 2.45) is 5.92 Å². The molecule has 4 rings (SSSR count). The summed E-state index contributed by atoms with van der Waals surface area (Å²) in [7, 11) is -3.28. The van der Waals surface area contributed by atoms with Crippen LogP contribution in [0.3, 0.4) is 0 Å². The number of thiazole rings is 1. The molecule has 8 nitrogen and oxygen atoms in total. The van der Waals surface area contributed by atoms with Gasteiger partial charge in [0.15, 0.2) is 15.0 Å². The van der Waals surface area contributed by atoms with Crippen LogP contribution in [-0.4, -0.2) is 36.1 Å². The van der Waals surface area contributed by atoms with Crippen LogP contribution in [0.15, 0.2) is 59.5 Å². The van der Waals surface area contributed by atoms with Gasteiger partial charge in [-0.05, 0) is 36.1 Å². The SMILES string of the molecule is CCS(=O)(=O)c1ccc(CC(=O)Nc2nc3c(s2)CN(C(=O)OCc2ccccc2)[C@@]3(C)C(C)C)cc1. The van der Waals surface area contributed by atoms with Gasteiger partial charge in [-0.2, -0.15) is 0 Å². The highest BCUT2D eigenvalue weighted by Gasteiger charge is 2.49. The highest BCUT2D eigenvalue weighted by molar-refractivity contribution is 7.91. The van der Waals surface area contributed by atoms with Gasteiger partial charge in [-0.25, -0.2) is 18.2 Å². The minimum Gasteiger partial charge on any atom is -0.445 e. The number of nitrogens with one attached hydrogen (secondary N) is 1. The van der Waals surface area contributed by atoms with E-state index in [0.29, 0.717) is 17.2 Å². The van der Waals surface area contributed by atoms with Gasteiger partial charge in [0.1, 0.15) is 6.61 Å². The molecule has 0 aliphatic carbocycles. The van der Waals surface area contributed by atoms with E-state index in [1.165, 1.54) is 23.5 Å². The maximum atomic E-state index is 13.0. The van der Waals surface area contributed by atoms with Gasteiger partial charge in [0.2, 0.25) is 5.91 Å². The Morgan fingerprint density at radius 2 is 1.78 bits per heavy atom. The molecular weight excluding hydrogens is 510 g/mol. The van der Waals surface area contributed by atoms with Gasteiger partial charge in [-0.3, -0.25) is 9.69 Å². The normalized spacial score (nSPS) is 17.1. The highest BCUT2D eigenvalue weighted by Crippen LogP contribution is 2.47. The van der Waals surface area contributed by atoms with E-state index in [1.807, 2.05) is 51.1 Å². The van der Waals surface area contributed by atoms with E-state index >= 15 is 0 Å². The molecule has 10 heteroatoms. The first-order valence-electron chi connectivity index (χ1n) is 12.1. The van der Waals surface area contributed by atoms with E-state index in [0.717, 1.165) is 16.1 Å². The summed E-state index contributed by atoms with van der Waals surface area (Å²) in [6.07, 6.45) is -0.305. The number of amides is 2. The number of rotatable bonds is 8. The molecule has 0 saturated heterocycles. The Morgan fingerprint density at radius 3 is 2.41 bits per heavy atom. The lowest BCUT2D eigenvalue weighted by atomic mass is 9.86. The summed E-state index contributed by atoms with van der Waals surface area (Å²) in [6, 6.07) is 15.9. The van der Waals surface area contributed by atoms with Crippen molar-refractivity contribution in [2.45, 2.75) is 57.7 Å². The molecule has 0 unspecified atom stereocenters. The van der Waals surface area contributed by atoms with Gasteiger partial charge < -0.3 is 10.1 Å². The van der Waals surface area contributed by atoms with Crippen molar-refractivity contribution < 1.29 is 22.7 Å². The number of hydrogen-bond acceptors (Lipinski definition) is 7. The maximum Gasteiger partial charge on any atom is 0.411 e. The summed E-state index contributed by atoms with van der Waals surface area (Å²) in [5, 5.41) is 3.34. The van der Waals surface area contributed by atoms with Crippen molar-refractivity contribution in [3.05, 3.63) is 76.3 Å². The number of benzene rings is 2. The first kappa shape index (κ1) is 26.8. The molecule has 1 aliphatic rings. The van der Waals surface area contributed by atoms with E-state index in [9.17, 15) is 18.0 Å². The van der Waals surface area contributed by atoms with Gasteiger partial charge in [-0.1, -0.05) is 74.6 Å².